The fourth-order valence-corrected chi connectivity index (χ4v) is 5.78. The molecule has 1 atom stereocenters. The van der Waals surface area contributed by atoms with Gasteiger partial charge < -0.3 is 19.4 Å². The SMILES string of the molecule is COc1ccc(N2C(=O)CSc3c(c4ccccc4n3C)[C@H]2C(=O)NCc2ccc(F)cc2)cc1OC. The van der Waals surface area contributed by atoms with E-state index in [0.29, 0.717) is 17.2 Å². The summed E-state index contributed by atoms with van der Waals surface area (Å²) >= 11 is 1.42. The highest BCUT2D eigenvalue weighted by atomic mass is 32.2. The number of hydrogen-bond acceptors (Lipinski definition) is 5. The highest BCUT2D eigenvalue weighted by Gasteiger charge is 2.40. The predicted molar refractivity (Wildman–Crippen MR) is 142 cm³/mol. The molecule has 0 unspecified atom stereocenters. The molecule has 1 aromatic heterocycles. The summed E-state index contributed by atoms with van der Waals surface area (Å²) in [5, 5.41) is 4.73. The molecule has 2 heterocycles. The number of hydrogen-bond donors (Lipinski definition) is 1. The number of amides is 2. The van der Waals surface area contributed by atoms with Crippen molar-refractivity contribution in [2.24, 2.45) is 7.05 Å². The van der Waals surface area contributed by atoms with Gasteiger partial charge in [0, 0.05) is 41.8 Å². The number of carbonyl (C=O) groups excluding carboxylic acids is 2. The van der Waals surface area contributed by atoms with Gasteiger partial charge in [0.2, 0.25) is 11.8 Å². The maximum atomic E-state index is 14.0. The molecule has 1 aliphatic rings. The van der Waals surface area contributed by atoms with E-state index in [0.717, 1.165) is 27.1 Å². The molecule has 7 nitrogen and oxygen atoms in total. The van der Waals surface area contributed by atoms with Gasteiger partial charge in [0.1, 0.15) is 11.9 Å². The number of nitrogens with zero attached hydrogens (tertiary/aromatic N) is 2. The van der Waals surface area contributed by atoms with E-state index in [9.17, 15) is 14.0 Å². The lowest BCUT2D eigenvalue weighted by molar-refractivity contribution is -0.125. The quantitative estimate of drug-likeness (QED) is 0.395. The number of aromatic nitrogens is 1. The lowest BCUT2D eigenvalue weighted by Crippen LogP contribution is -2.43. The number of methoxy groups -OCH3 is 2. The van der Waals surface area contributed by atoms with Gasteiger partial charge in [0.25, 0.3) is 0 Å². The van der Waals surface area contributed by atoms with E-state index in [2.05, 4.69) is 5.32 Å². The molecule has 4 aromatic rings. The van der Waals surface area contributed by atoms with Gasteiger partial charge in [-0.1, -0.05) is 42.1 Å². The summed E-state index contributed by atoms with van der Waals surface area (Å²) in [6.45, 7) is 0.191. The van der Waals surface area contributed by atoms with Crippen molar-refractivity contribution in [1.29, 1.82) is 0 Å². The Morgan fingerprint density at radius 1 is 1.05 bits per heavy atom. The van der Waals surface area contributed by atoms with Crippen LogP contribution >= 0.6 is 11.8 Å². The molecule has 9 heteroatoms. The van der Waals surface area contributed by atoms with Crippen LogP contribution in [0.3, 0.4) is 0 Å². The van der Waals surface area contributed by atoms with Crippen molar-refractivity contribution in [2.45, 2.75) is 17.6 Å². The number of carbonyl (C=O) groups is 2. The summed E-state index contributed by atoms with van der Waals surface area (Å²) < 4.78 is 26.3. The Morgan fingerprint density at radius 3 is 2.51 bits per heavy atom. The molecule has 1 aliphatic heterocycles. The number of nitrogens with one attached hydrogen (secondary N) is 1. The summed E-state index contributed by atoms with van der Waals surface area (Å²) in [5.41, 5.74) is 3.00. The predicted octanol–water partition coefficient (Wildman–Crippen LogP) is 4.83. The van der Waals surface area contributed by atoms with Crippen molar-refractivity contribution in [3.8, 4) is 11.5 Å². The molecule has 5 rings (SSSR count). The van der Waals surface area contributed by atoms with Crippen LogP contribution in [0, 0.1) is 5.82 Å². The van der Waals surface area contributed by atoms with Gasteiger partial charge >= 0.3 is 0 Å². The maximum Gasteiger partial charge on any atom is 0.248 e. The lowest BCUT2D eigenvalue weighted by Gasteiger charge is -2.30. The lowest BCUT2D eigenvalue weighted by atomic mass is 10.0. The molecule has 2 amide bonds. The van der Waals surface area contributed by atoms with Gasteiger partial charge in [-0.2, -0.15) is 0 Å². The van der Waals surface area contributed by atoms with Gasteiger partial charge in [-0.3, -0.25) is 14.5 Å². The molecule has 0 saturated carbocycles. The van der Waals surface area contributed by atoms with Crippen molar-refractivity contribution in [3.05, 3.63) is 83.7 Å². The number of aryl methyl sites for hydroxylation is 1. The Morgan fingerprint density at radius 2 is 1.78 bits per heavy atom. The molecule has 0 saturated heterocycles. The van der Waals surface area contributed by atoms with Crippen LogP contribution in [-0.4, -0.2) is 36.4 Å². The zero-order valence-corrected chi connectivity index (χ0v) is 21.5. The standard InChI is InChI=1S/C28H26FN3O4S/c1-31-21-7-5-4-6-20(21)25-26(27(34)30-15-17-8-10-18(29)11-9-17)32(24(33)16-37-28(25)31)19-12-13-22(35-2)23(14-19)36-3/h4-14,26H,15-16H2,1-3H3,(H,30,34)/t26-/m0/s1. The number of ether oxygens (including phenoxy) is 2. The fraction of sp³-hybridized carbons (Fsp3) is 0.214. The number of rotatable bonds is 6. The van der Waals surface area contributed by atoms with Crippen molar-refractivity contribution < 1.29 is 23.5 Å². The summed E-state index contributed by atoms with van der Waals surface area (Å²) in [5.74, 6) is 0.237. The van der Waals surface area contributed by atoms with Crippen LogP contribution < -0.4 is 19.7 Å². The summed E-state index contributed by atoms with van der Waals surface area (Å²) in [6, 6.07) is 18.0. The first-order valence-corrected chi connectivity index (χ1v) is 12.7. The molecule has 0 bridgehead atoms. The van der Waals surface area contributed by atoms with Crippen LogP contribution in [-0.2, 0) is 23.2 Å². The second kappa shape index (κ2) is 10.2. The van der Waals surface area contributed by atoms with Crippen LogP contribution in [0.25, 0.3) is 10.9 Å². The van der Waals surface area contributed by atoms with E-state index in [4.69, 9.17) is 9.47 Å². The van der Waals surface area contributed by atoms with Crippen LogP contribution in [0.4, 0.5) is 10.1 Å². The van der Waals surface area contributed by atoms with Crippen LogP contribution in [0.1, 0.15) is 17.2 Å². The second-order valence-corrected chi connectivity index (χ2v) is 9.60. The minimum absolute atomic E-state index is 0.160. The summed E-state index contributed by atoms with van der Waals surface area (Å²) in [7, 11) is 5.01. The van der Waals surface area contributed by atoms with E-state index in [1.165, 1.54) is 35.9 Å². The van der Waals surface area contributed by atoms with Crippen LogP contribution in [0.2, 0.25) is 0 Å². The summed E-state index contributed by atoms with van der Waals surface area (Å²) in [6.07, 6.45) is 0. The van der Waals surface area contributed by atoms with Gasteiger partial charge in [-0.25, -0.2) is 4.39 Å². The van der Waals surface area contributed by atoms with Crippen molar-refractivity contribution in [2.75, 3.05) is 24.9 Å². The number of fused-ring (bicyclic) bond motifs is 3. The largest absolute Gasteiger partial charge is 0.493 e. The highest BCUT2D eigenvalue weighted by Crippen LogP contribution is 2.44. The van der Waals surface area contributed by atoms with Crippen molar-refractivity contribution in [1.82, 2.24) is 9.88 Å². The first kappa shape index (κ1) is 24.7. The molecule has 0 radical (unpaired) electrons. The number of para-hydroxylation sites is 1. The molecule has 0 spiro atoms. The molecule has 1 N–H and O–H groups in total. The topological polar surface area (TPSA) is 72.8 Å². The minimum atomic E-state index is -0.942. The molecule has 190 valence electrons. The maximum absolute atomic E-state index is 14.0. The third-order valence-electron chi connectivity index (χ3n) is 6.50. The number of thioether (sulfide) groups is 1. The van der Waals surface area contributed by atoms with Crippen molar-refractivity contribution in [3.63, 3.8) is 0 Å². The zero-order valence-electron chi connectivity index (χ0n) is 20.7. The van der Waals surface area contributed by atoms with Gasteiger partial charge in [-0.15, -0.1) is 0 Å². The zero-order chi connectivity index (χ0) is 26.1. The Labute approximate surface area is 218 Å². The average Bonchev–Trinajstić information content (AvgIpc) is 3.09. The molecular formula is C28H26FN3O4S. The average molecular weight is 520 g/mol. The molecule has 0 fully saturated rings. The van der Waals surface area contributed by atoms with E-state index < -0.39 is 6.04 Å². The van der Waals surface area contributed by atoms with Crippen LogP contribution in [0.5, 0.6) is 11.5 Å². The Kier molecular flexibility index (Phi) is 6.80. The Hall–Kier alpha value is -3.98. The number of benzene rings is 3. The van der Waals surface area contributed by atoms with E-state index in [-0.39, 0.29) is 29.9 Å². The van der Waals surface area contributed by atoms with Gasteiger partial charge in [-0.05, 0) is 35.9 Å². The van der Waals surface area contributed by atoms with Crippen molar-refractivity contribution >= 4 is 40.2 Å². The third kappa shape index (κ3) is 4.51. The number of anilines is 1. The Bertz CT molecular complexity index is 1490. The molecule has 3 aromatic carbocycles. The normalized spacial score (nSPS) is 15.3. The minimum Gasteiger partial charge on any atom is -0.493 e. The number of halogens is 1. The van der Waals surface area contributed by atoms with E-state index in [1.54, 1.807) is 37.4 Å². The van der Waals surface area contributed by atoms with Gasteiger partial charge in [0.15, 0.2) is 11.5 Å². The monoisotopic (exact) mass is 519 g/mol. The molecular weight excluding hydrogens is 493 g/mol. The van der Waals surface area contributed by atoms with Crippen LogP contribution in [0.15, 0.2) is 71.8 Å². The third-order valence-corrected chi connectivity index (χ3v) is 7.66. The van der Waals surface area contributed by atoms with E-state index >= 15 is 0 Å². The highest BCUT2D eigenvalue weighted by molar-refractivity contribution is 8.00. The first-order valence-electron chi connectivity index (χ1n) is 11.7. The first-order chi connectivity index (χ1) is 17.9. The molecule has 37 heavy (non-hydrogen) atoms. The second-order valence-electron chi connectivity index (χ2n) is 8.63. The summed E-state index contributed by atoms with van der Waals surface area (Å²) in [4.78, 5) is 29.1. The molecule has 0 aliphatic carbocycles. The van der Waals surface area contributed by atoms with E-state index in [1.807, 2.05) is 35.9 Å². The smallest absolute Gasteiger partial charge is 0.248 e. The van der Waals surface area contributed by atoms with Gasteiger partial charge in [0.05, 0.1) is 25.0 Å². The Balaban J connectivity index is 1.64. The fourth-order valence-electron chi connectivity index (χ4n) is 4.71.